The zero-order chi connectivity index (χ0) is 23.1. The minimum atomic E-state index is -0.208. The Labute approximate surface area is 192 Å². The molecule has 1 aliphatic heterocycles. The Morgan fingerprint density at radius 1 is 1.31 bits per heavy atom. The Bertz CT molecular complexity index is 980. The molecule has 0 radical (unpaired) electrons. The molecule has 2 heterocycles. The average Bonchev–Trinajstić information content (AvgIpc) is 3.23. The number of likely N-dealkylation sites (tertiary alicyclic amines) is 1. The fourth-order valence-corrected chi connectivity index (χ4v) is 3.41. The molecule has 2 amide bonds. The van der Waals surface area contributed by atoms with Gasteiger partial charge in [0.1, 0.15) is 5.02 Å². The van der Waals surface area contributed by atoms with Gasteiger partial charge in [0.15, 0.2) is 0 Å². The third-order valence-corrected chi connectivity index (χ3v) is 5.11. The largest absolute Gasteiger partial charge is 0.480 e. The molecular formula is C22H27ClN6O3. The number of aromatic nitrogens is 2. The number of ether oxygens (including phenoxy) is 1. The summed E-state index contributed by atoms with van der Waals surface area (Å²) in [5.41, 5.74) is 1.20. The molecule has 1 saturated heterocycles. The number of amides is 2. The molecule has 10 heteroatoms. The van der Waals surface area contributed by atoms with E-state index >= 15 is 0 Å². The van der Waals surface area contributed by atoms with Crippen LogP contribution in [0, 0.1) is 0 Å². The van der Waals surface area contributed by atoms with Crippen LogP contribution in [-0.4, -0.2) is 78.5 Å². The van der Waals surface area contributed by atoms with E-state index in [1.165, 1.54) is 19.4 Å². The summed E-state index contributed by atoms with van der Waals surface area (Å²) in [6.07, 6.45) is 5.53. The van der Waals surface area contributed by atoms with Crippen LogP contribution in [0.25, 0.3) is 0 Å². The van der Waals surface area contributed by atoms with Crippen molar-refractivity contribution in [2.75, 3.05) is 51.5 Å². The third kappa shape index (κ3) is 6.41. The van der Waals surface area contributed by atoms with Gasteiger partial charge in [-0.05, 0) is 44.8 Å². The summed E-state index contributed by atoms with van der Waals surface area (Å²) in [6.45, 7) is 1.84. The van der Waals surface area contributed by atoms with Gasteiger partial charge in [-0.25, -0.2) is 4.98 Å². The first-order chi connectivity index (χ1) is 15.4. The number of likely N-dealkylation sites (N-methyl/N-ethyl adjacent to an activating group) is 1. The Kier molecular flexibility index (Phi) is 8.02. The lowest BCUT2D eigenvalue weighted by Crippen LogP contribution is -2.31. The van der Waals surface area contributed by atoms with Crippen LogP contribution in [0.5, 0.6) is 5.88 Å². The van der Waals surface area contributed by atoms with Gasteiger partial charge >= 0.3 is 0 Å². The minimum Gasteiger partial charge on any atom is -0.480 e. The highest BCUT2D eigenvalue weighted by molar-refractivity contribution is 6.31. The molecule has 0 saturated carbocycles. The summed E-state index contributed by atoms with van der Waals surface area (Å²) >= 11 is 5.96. The van der Waals surface area contributed by atoms with Crippen molar-refractivity contribution >= 4 is 35.1 Å². The topological polar surface area (TPSA) is 99.7 Å². The minimum absolute atomic E-state index is 0.0253. The van der Waals surface area contributed by atoms with Crippen molar-refractivity contribution in [1.29, 1.82) is 0 Å². The van der Waals surface area contributed by atoms with Crippen molar-refractivity contribution in [1.82, 2.24) is 19.8 Å². The third-order valence-electron chi connectivity index (χ3n) is 4.85. The quantitative estimate of drug-likeness (QED) is 0.586. The predicted molar refractivity (Wildman–Crippen MR) is 124 cm³/mol. The van der Waals surface area contributed by atoms with Gasteiger partial charge in [-0.15, -0.1) is 0 Å². The predicted octanol–water partition coefficient (Wildman–Crippen LogP) is 2.52. The normalized spacial score (nSPS) is 15.9. The van der Waals surface area contributed by atoms with E-state index < -0.39 is 0 Å². The lowest BCUT2D eigenvalue weighted by molar-refractivity contribution is -0.111. The zero-order valence-corrected chi connectivity index (χ0v) is 19.1. The number of hydrogen-bond donors (Lipinski definition) is 2. The summed E-state index contributed by atoms with van der Waals surface area (Å²) in [4.78, 5) is 36.9. The molecule has 0 aliphatic carbocycles. The number of carbonyl (C=O) groups is 2. The molecule has 0 spiro atoms. The Hall–Kier alpha value is -3.17. The average molecular weight is 459 g/mol. The van der Waals surface area contributed by atoms with Gasteiger partial charge in [-0.1, -0.05) is 17.7 Å². The molecule has 0 bridgehead atoms. The van der Waals surface area contributed by atoms with Crippen LogP contribution in [0.15, 0.2) is 42.6 Å². The molecule has 3 rings (SSSR count). The van der Waals surface area contributed by atoms with Gasteiger partial charge in [0.25, 0.3) is 5.91 Å². The number of hydrogen-bond acceptors (Lipinski definition) is 7. The number of nitrogens with one attached hydrogen (secondary N) is 2. The van der Waals surface area contributed by atoms with Gasteiger partial charge in [0.05, 0.1) is 13.3 Å². The maximum atomic E-state index is 12.9. The molecule has 0 unspecified atom stereocenters. The lowest BCUT2D eigenvalue weighted by atomic mass is 10.2. The van der Waals surface area contributed by atoms with Gasteiger partial charge < -0.3 is 25.2 Å². The second-order valence-electron chi connectivity index (χ2n) is 7.66. The highest BCUT2D eigenvalue weighted by Gasteiger charge is 2.27. The molecule has 1 fully saturated rings. The van der Waals surface area contributed by atoms with Crippen LogP contribution in [0.2, 0.25) is 5.02 Å². The van der Waals surface area contributed by atoms with Gasteiger partial charge in [0, 0.05) is 43.0 Å². The number of anilines is 2. The van der Waals surface area contributed by atoms with Gasteiger partial charge in [-0.3, -0.25) is 9.59 Å². The molecule has 1 aromatic heterocycles. The lowest BCUT2D eigenvalue weighted by Gasteiger charge is -2.17. The highest BCUT2D eigenvalue weighted by atomic mass is 35.5. The molecular weight excluding hydrogens is 432 g/mol. The molecule has 32 heavy (non-hydrogen) atoms. The second-order valence-corrected chi connectivity index (χ2v) is 8.07. The number of rotatable bonds is 8. The maximum absolute atomic E-state index is 12.9. The molecule has 1 aromatic carbocycles. The fourth-order valence-electron chi connectivity index (χ4n) is 3.24. The van der Waals surface area contributed by atoms with Crippen molar-refractivity contribution in [2.24, 2.45) is 0 Å². The SMILES string of the molecule is COc1nc(N[C@@H]2CCN(C(=O)c3ccc(NC(=O)/C=C/CN(C)C)cc3)C2)ncc1Cl. The van der Waals surface area contributed by atoms with Gasteiger partial charge in [0.2, 0.25) is 17.7 Å². The second kappa shape index (κ2) is 10.9. The van der Waals surface area contributed by atoms with Crippen molar-refractivity contribution < 1.29 is 14.3 Å². The Morgan fingerprint density at radius 2 is 2.06 bits per heavy atom. The van der Waals surface area contributed by atoms with Crippen LogP contribution < -0.4 is 15.4 Å². The van der Waals surface area contributed by atoms with Crippen molar-refractivity contribution in [2.45, 2.75) is 12.5 Å². The van der Waals surface area contributed by atoms with Crippen LogP contribution in [0.1, 0.15) is 16.8 Å². The first-order valence-corrected chi connectivity index (χ1v) is 10.6. The number of benzene rings is 1. The van der Waals surface area contributed by atoms with E-state index in [9.17, 15) is 9.59 Å². The summed E-state index contributed by atoms with van der Waals surface area (Å²) in [7, 11) is 5.35. The van der Waals surface area contributed by atoms with Crippen LogP contribution in [0.3, 0.4) is 0 Å². The molecule has 2 N–H and O–H groups in total. The van der Waals surface area contributed by atoms with E-state index in [2.05, 4.69) is 20.6 Å². The summed E-state index contributed by atoms with van der Waals surface area (Å²) in [6, 6.07) is 6.91. The van der Waals surface area contributed by atoms with Crippen LogP contribution in [-0.2, 0) is 4.79 Å². The molecule has 170 valence electrons. The number of carbonyl (C=O) groups excluding carboxylic acids is 2. The van der Waals surface area contributed by atoms with E-state index in [4.69, 9.17) is 16.3 Å². The van der Waals surface area contributed by atoms with E-state index in [0.29, 0.717) is 47.7 Å². The molecule has 2 aromatic rings. The monoisotopic (exact) mass is 458 g/mol. The van der Waals surface area contributed by atoms with E-state index in [1.54, 1.807) is 35.2 Å². The first-order valence-electron chi connectivity index (χ1n) is 10.2. The molecule has 9 nitrogen and oxygen atoms in total. The Balaban J connectivity index is 1.53. The standard InChI is InChI=1S/C22H27ClN6O3/c1-28(2)11-4-5-19(30)25-16-8-6-15(7-9-16)21(31)29-12-10-17(14-29)26-22-24-13-18(23)20(27-22)32-3/h4-9,13,17H,10-12,14H2,1-3H3,(H,25,30)(H,24,26,27)/b5-4+/t17-/m1/s1. The van der Waals surface area contributed by atoms with E-state index in [0.717, 1.165) is 6.42 Å². The van der Waals surface area contributed by atoms with E-state index in [-0.39, 0.29) is 17.9 Å². The summed E-state index contributed by atoms with van der Waals surface area (Å²) < 4.78 is 5.11. The fraction of sp³-hybridized carbons (Fsp3) is 0.364. The highest BCUT2D eigenvalue weighted by Crippen LogP contribution is 2.23. The zero-order valence-electron chi connectivity index (χ0n) is 18.3. The molecule has 1 aliphatic rings. The van der Waals surface area contributed by atoms with Crippen molar-refractivity contribution in [3.63, 3.8) is 0 Å². The number of halogens is 1. The number of methoxy groups -OCH3 is 1. The smallest absolute Gasteiger partial charge is 0.253 e. The van der Waals surface area contributed by atoms with Crippen LogP contribution in [0.4, 0.5) is 11.6 Å². The number of nitrogens with zero attached hydrogens (tertiary/aromatic N) is 4. The maximum Gasteiger partial charge on any atom is 0.253 e. The van der Waals surface area contributed by atoms with E-state index in [1.807, 2.05) is 19.0 Å². The van der Waals surface area contributed by atoms with Gasteiger partial charge in [-0.2, -0.15) is 4.98 Å². The molecule has 1 atom stereocenters. The first kappa shape index (κ1) is 23.5. The summed E-state index contributed by atoms with van der Waals surface area (Å²) in [5.74, 6) is 0.439. The van der Waals surface area contributed by atoms with Crippen LogP contribution >= 0.6 is 11.6 Å². The van der Waals surface area contributed by atoms with Crippen molar-refractivity contribution in [3.8, 4) is 5.88 Å². The van der Waals surface area contributed by atoms with Crippen molar-refractivity contribution in [3.05, 3.63) is 53.2 Å². The summed E-state index contributed by atoms with van der Waals surface area (Å²) in [5, 5.41) is 6.35. The Morgan fingerprint density at radius 3 is 2.75 bits per heavy atom.